The first-order valence-corrected chi connectivity index (χ1v) is 7.06. The molecular formula is C13H17BrClNO. The highest BCUT2D eigenvalue weighted by Crippen LogP contribution is 2.24. The molecule has 1 aromatic carbocycles. The van der Waals surface area contributed by atoms with Gasteiger partial charge in [-0.15, -0.1) is 0 Å². The second kappa shape index (κ2) is 6.19. The fourth-order valence-corrected chi connectivity index (χ4v) is 2.98. The van der Waals surface area contributed by atoms with E-state index in [0.29, 0.717) is 6.04 Å². The van der Waals surface area contributed by atoms with Gasteiger partial charge in [0.05, 0.1) is 0 Å². The van der Waals surface area contributed by atoms with Crippen LogP contribution in [0.15, 0.2) is 22.7 Å². The lowest BCUT2D eigenvalue weighted by atomic mass is 10.1. The highest BCUT2D eigenvalue weighted by Gasteiger charge is 2.18. The Morgan fingerprint density at radius 1 is 1.41 bits per heavy atom. The maximum atomic E-state index is 5.94. The van der Waals surface area contributed by atoms with Crippen molar-refractivity contribution < 1.29 is 4.74 Å². The Balaban J connectivity index is 1.99. The Kier molecular flexibility index (Phi) is 4.86. The molecule has 0 atom stereocenters. The van der Waals surface area contributed by atoms with Crippen LogP contribution in [0.2, 0.25) is 5.02 Å². The lowest BCUT2D eigenvalue weighted by Crippen LogP contribution is -2.36. The van der Waals surface area contributed by atoms with Crippen molar-refractivity contribution in [1.82, 2.24) is 4.90 Å². The maximum absolute atomic E-state index is 5.94. The van der Waals surface area contributed by atoms with Crippen LogP contribution in [0.3, 0.4) is 0 Å². The van der Waals surface area contributed by atoms with Crippen LogP contribution < -0.4 is 0 Å². The molecule has 0 saturated carbocycles. The quantitative estimate of drug-likeness (QED) is 0.842. The Morgan fingerprint density at radius 2 is 2.12 bits per heavy atom. The summed E-state index contributed by atoms with van der Waals surface area (Å²) >= 11 is 9.51. The minimum atomic E-state index is 0.631. The molecule has 2 rings (SSSR count). The van der Waals surface area contributed by atoms with E-state index in [9.17, 15) is 0 Å². The van der Waals surface area contributed by atoms with Crippen LogP contribution in [0.5, 0.6) is 0 Å². The standard InChI is InChI=1S/C13H17BrClNO/c1-16(12-4-6-17-7-5-12)9-10-2-3-11(15)8-13(10)14/h2-3,8,12H,4-7,9H2,1H3. The summed E-state index contributed by atoms with van der Waals surface area (Å²) in [6.45, 7) is 2.72. The number of benzene rings is 1. The zero-order chi connectivity index (χ0) is 12.3. The molecule has 1 aromatic rings. The number of rotatable bonds is 3. The number of hydrogen-bond acceptors (Lipinski definition) is 2. The summed E-state index contributed by atoms with van der Waals surface area (Å²) in [6, 6.07) is 6.61. The van der Waals surface area contributed by atoms with Crippen LogP contribution in [0.4, 0.5) is 0 Å². The van der Waals surface area contributed by atoms with Gasteiger partial charge in [0.25, 0.3) is 0 Å². The number of nitrogens with zero attached hydrogens (tertiary/aromatic N) is 1. The zero-order valence-corrected chi connectivity index (χ0v) is 12.3. The summed E-state index contributed by atoms with van der Waals surface area (Å²) in [4.78, 5) is 2.40. The monoisotopic (exact) mass is 317 g/mol. The van der Waals surface area contributed by atoms with Gasteiger partial charge in [0.2, 0.25) is 0 Å². The van der Waals surface area contributed by atoms with E-state index in [4.69, 9.17) is 16.3 Å². The molecule has 0 spiro atoms. The fraction of sp³-hybridized carbons (Fsp3) is 0.538. The van der Waals surface area contributed by atoms with Crippen molar-refractivity contribution in [2.45, 2.75) is 25.4 Å². The topological polar surface area (TPSA) is 12.5 Å². The molecule has 1 fully saturated rings. The Hall–Kier alpha value is -0.0900. The molecule has 94 valence electrons. The van der Waals surface area contributed by atoms with Crippen molar-refractivity contribution >= 4 is 27.5 Å². The third-order valence-electron chi connectivity index (χ3n) is 3.25. The highest BCUT2D eigenvalue weighted by molar-refractivity contribution is 9.10. The predicted octanol–water partition coefficient (Wildman–Crippen LogP) is 3.71. The van der Waals surface area contributed by atoms with Gasteiger partial charge < -0.3 is 4.74 Å². The average molecular weight is 319 g/mol. The van der Waals surface area contributed by atoms with Crippen LogP contribution in [0, 0.1) is 0 Å². The van der Waals surface area contributed by atoms with Gasteiger partial charge in [0.1, 0.15) is 0 Å². The lowest BCUT2D eigenvalue weighted by molar-refractivity contribution is 0.0406. The first-order chi connectivity index (χ1) is 8.16. The van der Waals surface area contributed by atoms with E-state index < -0.39 is 0 Å². The van der Waals surface area contributed by atoms with E-state index in [1.54, 1.807) is 0 Å². The summed E-state index contributed by atoms with van der Waals surface area (Å²) in [5.41, 5.74) is 1.28. The molecule has 1 aliphatic heterocycles. The molecule has 0 radical (unpaired) electrons. The van der Waals surface area contributed by atoms with Gasteiger partial charge in [0, 0.05) is 35.3 Å². The number of hydrogen-bond donors (Lipinski definition) is 0. The predicted molar refractivity (Wildman–Crippen MR) is 74.5 cm³/mol. The SMILES string of the molecule is CN(Cc1ccc(Cl)cc1Br)C1CCOCC1. The molecule has 0 amide bonds. The van der Waals surface area contributed by atoms with E-state index in [2.05, 4.69) is 33.9 Å². The molecule has 0 N–H and O–H groups in total. The summed E-state index contributed by atoms with van der Waals surface area (Å²) in [6.07, 6.45) is 2.25. The Morgan fingerprint density at radius 3 is 2.76 bits per heavy atom. The van der Waals surface area contributed by atoms with Gasteiger partial charge in [0.15, 0.2) is 0 Å². The van der Waals surface area contributed by atoms with E-state index in [1.165, 1.54) is 5.56 Å². The van der Waals surface area contributed by atoms with Gasteiger partial charge >= 0.3 is 0 Å². The second-order valence-electron chi connectivity index (χ2n) is 4.49. The normalized spacial score (nSPS) is 17.6. The van der Waals surface area contributed by atoms with Gasteiger partial charge in [-0.3, -0.25) is 4.90 Å². The third-order valence-corrected chi connectivity index (χ3v) is 4.22. The maximum Gasteiger partial charge on any atom is 0.0480 e. The number of ether oxygens (including phenoxy) is 1. The van der Waals surface area contributed by atoms with Crippen molar-refractivity contribution in [3.63, 3.8) is 0 Å². The van der Waals surface area contributed by atoms with E-state index in [-0.39, 0.29) is 0 Å². The van der Waals surface area contributed by atoms with Crippen LogP contribution in [0.25, 0.3) is 0 Å². The average Bonchev–Trinajstić information content (AvgIpc) is 2.34. The van der Waals surface area contributed by atoms with Crippen molar-refractivity contribution in [3.8, 4) is 0 Å². The van der Waals surface area contributed by atoms with Gasteiger partial charge in [-0.2, -0.15) is 0 Å². The van der Waals surface area contributed by atoms with Crippen LogP contribution >= 0.6 is 27.5 Å². The molecule has 0 aromatic heterocycles. The Labute approximate surface area is 116 Å². The summed E-state index contributed by atoms with van der Waals surface area (Å²) in [5.74, 6) is 0. The molecule has 17 heavy (non-hydrogen) atoms. The Bertz CT molecular complexity index is 380. The van der Waals surface area contributed by atoms with Gasteiger partial charge in [-0.05, 0) is 37.6 Å². The lowest BCUT2D eigenvalue weighted by Gasteiger charge is -2.31. The largest absolute Gasteiger partial charge is 0.381 e. The van der Waals surface area contributed by atoms with Gasteiger partial charge in [-0.1, -0.05) is 33.6 Å². The summed E-state index contributed by atoms with van der Waals surface area (Å²) in [5, 5.41) is 0.773. The van der Waals surface area contributed by atoms with Crippen molar-refractivity contribution in [1.29, 1.82) is 0 Å². The molecule has 1 aliphatic rings. The van der Waals surface area contributed by atoms with Crippen LogP contribution in [-0.4, -0.2) is 31.2 Å². The molecule has 0 unspecified atom stereocenters. The zero-order valence-electron chi connectivity index (χ0n) is 9.96. The molecule has 1 saturated heterocycles. The number of halogens is 2. The fourth-order valence-electron chi connectivity index (χ4n) is 2.17. The van der Waals surface area contributed by atoms with E-state index in [0.717, 1.165) is 42.1 Å². The van der Waals surface area contributed by atoms with Crippen molar-refractivity contribution in [3.05, 3.63) is 33.3 Å². The van der Waals surface area contributed by atoms with Crippen LogP contribution in [0.1, 0.15) is 18.4 Å². The molecule has 0 bridgehead atoms. The minimum absolute atomic E-state index is 0.631. The summed E-state index contributed by atoms with van der Waals surface area (Å²) in [7, 11) is 2.18. The van der Waals surface area contributed by atoms with Crippen LogP contribution in [-0.2, 0) is 11.3 Å². The van der Waals surface area contributed by atoms with E-state index in [1.807, 2.05) is 12.1 Å². The summed E-state index contributed by atoms with van der Waals surface area (Å²) < 4.78 is 6.47. The first-order valence-electron chi connectivity index (χ1n) is 5.89. The van der Waals surface area contributed by atoms with Crippen molar-refractivity contribution in [2.24, 2.45) is 0 Å². The molecule has 1 heterocycles. The molecular weight excluding hydrogens is 302 g/mol. The first kappa shape index (κ1) is 13.3. The second-order valence-corrected chi connectivity index (χ2v) is 5.79. The van der Waals surface area contributed by atoms with Crippen molar-refractivity contribution in [2.75, 3.05) is 20.3 Å². The highest BCUT2D eigenvalue weighted by atomic mass is 79.9. The third kappa shape index (κ3) is 3.68. The molecule has 4 heteroatoms. The smallest absolute Gasteiger partial charge is 0.0480 e. The van der Waals surface area contributed by atoms with E-state index >= 15 is 0 Å². The minimum Gasteiger partial charge on any atom is -0.381 e. The van der Waals surface area contributed by atoms with Gasteiger partial charge in [-0.25, -0.2) is 0 Å². The molecule has 0 aliphatic carbocycles. The molecule has 2 nitrogen and oxygen atoms in total.